The van der Waals surface area contributed by atoms with E-state index >= 15 is 0 Å². The summed E-state index contributed by atoms with van der Waals surface area (Å²) in [6.45, 7) is 8.80. The summed E-state index contributed by atoms with van der Waals surface area (Å²) in [7, 11) is 0. The van der Waals surface area contributed by atoms with Crippen LogP contribution in [0.25, 0.3) is 0 Å². The maximum atomic E-state index is 12.4. The number of carbonyl (C=O) groups is 1. The molecule has 4 heteroatoms. The third-order valence-corrected chi connectivity index (χ3v) is 3.37. The van der Waals surface area contributed by atoms with Gasteiger partial charge in [-0.15, -0.1) is 12.4 Å². The fourth-order valence-electron chi connectivity index (χ4n) is 2.48. The van der Waals surface area contributed by atoms with E-state index in [-0.39, 0.29) is 23.9 Å². The second-order valence-corrected chi connectivity index (χ2v) is 5.83. The lowest BCUT2D eigenvalue weighted by molar-refractivity contribution is 0.0897. The quantitative estimate of drug-likeness (QED) is 0.847. The van der Waals surface area contributed by atoms with Crippen LogP contribution in [-0.4, -0.2) is 18.0 Å². The highest BCUT2D eigenvalue weighted by Gasteiger charge is 2.26. The number of amides is 1. The lowest BCUT2D eigenvalue weighted by Crippen LogP contribution is -2.52. The van der Waals surface area contributed by atoms with Gasteiger partial charge in [0.1, 0.15) is 0 Å². The van der Waals surface area contributed by atoms with Crippen molar-refractivity contribution >= 4 is 18.3 Å². The largest absolute Gasteiger partial charge is 0.346 e. The summed E-state index contributed by atoms with van der Waals surface area (Å²) in [5.74, 6) is 0.473. The van der Waals surface area contributed by atoms with Crippen LogP contribution < -0.4 is 11.1 Å². The van der Waals surface area contributed by atoms with Gasteiger partial charge in [0, 0.05) is 17.6 Å². The van der Waals surface area contributed by atoms with Gasteiger partial charge in [0.05, 0.1) is 0 Å². The first kappa shape index (κ1) is 18.9. The smallest absolute Gasteiger partial charge is 0.252 e. The van der Waals surface area contributed by atoms with Crippen molar-refractivity contribution in [1.82, 2.24) is 5.32 Å². The van der Waals surface area contributed by atoms with Crippen LogP contribution >= 0.6 is 12.4 Å². The molecule has 3 N–H and O–H groups in total. The van der Waals surface area contributed by atoms with Crippen LogP contribution in [0.2, 0.25) is 0 Å². The van der Waals surface area contributed by atoms with Crippen LogP contribution in [0.15, 0.2) is 24.3 Å². The highest BCUT2D eigenvalue weighted by molar-refractivity contribution is 5.96. The second kappa shape index (κ2) is 8.28. The average Bonchev–Trinajstić information content (AvgIpc) is 2.37. The van der Waals surface area contributed by atoms with Crippen LogP contribution in [-0.2, 0) is 6.42 Å². The number of carbonyl (C=O) groups excluding carboxylic acids is 1. The third-order valence-electron chi connectivity index (χ3n) is 3.37. The molecule has 1 atom stereocenters. The molecule has 114 valence electrons. The summed E-state index contributed by atoms with van der Waals surface area (Å²) in [4.78, 5) is 12.4. The van der Waals surface area contributed by atoms with Crippen molar-refractivity contribution in [1.29, 1.82) is 0 Å². The Labute approximate surface area is 128 Å². The van der Waals surface area contributed by atoms with E-state index in [1.807, 2.05) is 31.2 Å². The number of hydrogen-bond acceptors (Lipinski definition) is 2. The first-order chi connectivity index (χ1) is 8.91. The minimum atomic E-state index is -0.341. The fraction of sp³-hybridized carbons (Fsp3) is 0.562. The SMILES string of the molecule is CCc1ccccc1C(=O)NC(C)(CN)CC(C)C.Cl. The van der Waals surface area contributed by atoms with Crippen molar-refractivity contribution in [3.05, 3.63) is 35.4 Å². The number of benzene rings is 1. The van der Waals surface area contributed by atoms with Crippen molar-refractivity contribution < 1.29 is 4.79 Å². The van der Waals surface area contributed by atoms with Gasteiger partial charge in [-0.05, 0) is 37.3 Å². The minimum Gasteiger partial charge on any atom is -0.346 e. The van der Waals surface area contributed by atoms with Gasteiger partial charge in [0.2, 0.25) is 0 Å². The standard InChI is InChI=1S/C16H26N2O.ClH/c1-5-13-8-6-7-9-14(13)15(19)18-16(4,11-17)10-12(2)3;/h6-9,12H,5,10-11,17H2,1-4H3,(H,18,19);1H. The molecule has 0 aromatic heterocycles. The van der Waals surface area contributed by atoms with Gasteiger partial charge in [0.15, 0.2) is 0 Å². The molecule has 20 heavy (non-hydrogen) atoms. The van der Waals surface area contributed by atoms with Crippen molar-refractivity contribution in [2.75, 3.05) is 6.54 Å². The molecule has 3 nitrogen and oxygen atoms in total. The van der Waals surface area contributed by atoms with E-state index in [2.05, 4.69) is 26.1 Å². The van der Waals surface area contributed by atoms with Crippen molar-refractivity contribution in [2.24, 2.45) is 11.7 Å². The summed E-state index contributed by atoms with van der Waals surface area (Å²) in [5.41, 5.74) is 7.33. The summed E-state index contributed by atoms with van der Waals surface area (Å²) in [6, 6.07) is 7.74. The van der Waals surface area contributed by atoms with E-state index in [4.69, 9.17) is 5.73 Å². The number of aryl methyl sites for hydroxylation is 1. The zero-order valence-corrected chi connectivity index (χ0v) is 13.7. The van der Waals surface area contributed by atoms with E-state index in [9.17, 15) is 4.79 Å². The molecule has 1 aromatic carbocycles. The van der Waals surface area contributed by atoms with E-state index < -0.39 is 0 Å². The van der Waals surface area contributed by atoms with E-state index in [0.717, 1.165) is 24.0 Å². The van der Waals surface area contributed by atoms with Gasteiger partial charge in [-0.3, -0.25) is 4.79 Å². The summed E-state index contributed by atoms with van der Waals surface area (Å²) >= 11 is 0. The summed E-state index contributed by atoms with van der Waals surface area (Å²) in [6.07, 6.45) is 1.73. The predicted octanol–water partition coefficient (Wildman–Crippen LogP) is 3.16. The molecule has 0 aliphatic carbocycles. The molecule has 0 spiro atoms. The minimum absolute atomic E-state index is 0. The molecule has 0 radical (unpaired) electrons. The van der Waals surface area contributed by atoms with Crippen LogP contribution in [0.4, 0.5) is 0 Å². The monoisotopic (exact) mass is 298 g/mol. The first-order valence-electron chi connectivity index (χ1n) is 7.02. The Morgan fingerprint density at radius 2 is 1.95 bits per heavy atom. The number of nitrogens with one attached hydrogen (secondary N) is 1. The van der Waals surface area contributed by atoms with Crippen LogP contribution in [0, 0.1) is 5.92 Å². The van der Waals surface area contributed by atoms with Gasteiger partial charge in [-0.25, -0.2) is 0 Å². The van der Waals surface area contributed by atoms with Crippen molar-refractivity contribution in [3.8, 4) is 0 Å². The molecule has 0 aliphatic heterocycles. The lowest BCUT2D eigenvalue weighted by Gasteiger charge is -2.31. The highest BCUT2D eigenvalue weighted by atomic mass is 35.5. The number of hydrogen-bond donors (Lipinski definition) is 2. The molecule has 1 amide bonds. The molecule has 1 aromatic rings. The Kier molecular flexibility index (Phi) is 7.84. The summed E-state index contributed by atoms with van der Waals surface area (Å²) < 4.78 is 0. The zero-order valence-electron chi connectivity index (χ0n) is 12.9. The second-order valence-electron chi connectivity index (χ2n) is 5.83. The van der Waals surface area contributed by atoms with Gasteiger partial charge in [-0.1, -0.05) is 39.0 Å². The first-order valence-corrected chi connectivity index (χ1v) is 7.02. The normalized spacial score (nSPS) is 13.5. The van der Waals surface area contributed by atoms with Gasteiger partial charge in [-0.2, -0.15) is 0 Å². The van der Waals surface area contributed by atoms with E-state index in [0.29, 0.717) is 12.5 Å². The number of rotatable bonds is 6. The molecular weight excluding hydrogens is 272 g/mol. The third kappa shape index (κ3) is 5.14. The molecule has 0 fully saturated rings. The topological polar surface area (TPSA) is 55.1 Å². The molecule has 0 saturated carbocycles. The Hall–Kier alpha value is -1.06. The van der Waals surface area contributed by atoms with Crippen molar-refractivity contribution in [2.45, 2.75) is 46.1 Å². The Bertz CT molecular complexity index is 434. The molecule has 0 heterocycles. The predicted molar refractivity (Wildman–Crippen MR) is 87.4 cm³/mol. The number of halogens is 1. The Morgan fingerprint density at radius 3 is 2.45 bits per heavy atom. The Balaban J connectivity index is 0.00000361. The molecule has 0 aliphatic rings. The molecule has 0 bridgehead atoms. The maximum Gasteiger partial charge on any atom is 0.252 e. The summed E-state index contributed by atoms with van der Waals surface area (Å²) in [5, 5.41) is 3.10. The molecular formula is C16H27ClN2O. The maximum absolute atomic E-state index is 12.4. The molecule has 1 unspecified atom stereocenters. The number of nitrogens with two attached hydrogens (primary N) is 1. The van der Waals surface area contributed by atoms with Crippen LogP contribution in [0.1, 0.15) is 50.0 Å². The lowest BCUT2D eigenvalue weighted by atomic mass is 9.90. The van der Waals surface area contributed by atoms with Gasteiger partial charge in [0.25, 0.3) is 5.91 Å². The van der Waals surface area contributed by atoms with E-state index in [1.54, 1.807) is 0 Å². The fourth-order valence-corrected chi connectivity index (χ4v) is 2.48. The Morgan fingerprint density at radius 1 is 1.35 bits per heavy atom. The van der Waals surface area contributed by atoms with Gasteiger partial charge < -0.3 is 11.1 Å². The highest BCUT2D eigenvalue weighted by Crippen LogP contribution is 2.17. The van der Waals surface area contributed by atoms with Crippen LogP contribution in [0.5, 0.6) is 0 Å². The van der Waals surface area contributed by atoms with Crippen LogP contribution in [0.3, 0.4) is 0 Å². The van der Waals surface area contributed by atoms with Gasteiger partial charge >= 0.3 is 0 Å². The zero-order chi connectivity index (χ0) is 14.5. The van der Waals surface area contributed by atoms with E-state index in [1.165, 1.54) is 0 Å². The average molecular weight is 299 g/mol. The molecule has 1 rings (SSSR count). The van der Waals surface area contributed by atoms with Crippen molar-refractivity contribution in [3.63, 3.8) is 0 Å². The molecule has 0 saturated heterocycles.